The lowest BCUT2D eigenvalue weighted by Gasteiger charge is -2.16. The molecule has 2 heterocycles. The first-order chi connectivity index (χ1) is 12.4. The zero-order chi connectivity index (χ0) is 18.8. The average molecular weight is 352 g/mol. The predicted octanol–water partition coefficient (Wildman–Crippen LogP) is 5.83. The van der Waals surface area contributed by atoms with E-state index < -0.39 is 10.8 Å². The average Bonchev–Trinajstić information content (AvgIpc) is 3.19. The van der Waals surface area contributed by atoms with Crippen LogP contribution in [0.5, 0.6) is 0 Å². The van der Waals surface area contributed by atoms with Gasteiger partial charge in [0.25, 0.3) is 5.69 Å². The number of hydrogen-bond donors (Lipinski definition) is 0. The molecule has 8 heteroatoms. The van der Waals surface area contributed by atoms with Crippen molar-refractivity contribution in [2.45, 2.75) is 26.7 Å². The quantitative estimate of drug-likeness (QED) is 0.189. The second-order valence-electron chi connectivity index (χ2n) is 6.00. The van der Waals surface area contributed by atoms with Crippen LogP contribution in [0.3, 0.4) is 0 Å². The minimum atomic E-state index is -0.573. The normalized spacial score (nSPS) is 10.8. The zero-order valence-electron chi connectivity index (χ0n) is 14.5. The van der Waals surface area contributed by atoms with Crippen LogP contribution >= 0.6 is 0 Å². The van der Waals surface area contributed by atoms with Gasteiger partial charge >= 0.3 is 0 Å². The highest BCUT2D eigenvalue weighted by atomic mass is 16.6. The van der Waals surface area contributed by atoms with E-state index in [-0.39, 0.29) is 11.4 Å². The highest BCUT2D eigenvalue weighted by Crippen LogP contribution is 2.43. The molecule has 1 aromatic carbocycles. The zero-order valence-corrected chi connectivity index (χ0v) is 14.5. The van der Waals surface area contributed by atoms with Crippen LogP contribution in [-0.4, -0.2) is 4.92 Å². The Morgan fingerprint density at radius 1 is 1.08 bits per heavy atom. The molecule has 0 N–H and O–H groups in total. The molecular weight excluding hydrogens is 336 g/mol. The second kappa shape index (κ2) is 6.78. The van der Waals surface area contributed by atoms with Crippen molar-refractivity contribution in [3.8, 4) is 0 Å². The van der Waals surface area contributed by atoms with Gasteiger partial charge in [0.1, 0.15) is 34.6 Å². The standard InChI is InChI=1S/C18H16N4O4/c1-10-8-13(18(20-21-19)14(9-10)22(23)24)17(15-6-4-11(2)25-15)16-7-5-12(3)26-16/h4-9,17H,1-3H3. The Labute approximate surface area is 148 Å². The van der Waals surface area contributed by atoms with Crippen molar-refractivity contribution in [3.05, 3.63) is 91.1 Å². The van der Waals surface area contributed by atoms with Gasteiger partial charge in [-0.15, -0.1) is 0 Å². The number of nitro benzene ring substituents is 1. The number of hydrogen-bond acceptors (Lipinski definition) is 5. The smallest absolute Gasteiger partial charge is 0.279 e. The maximum atomic E-state index is 11.5. The number of furan rings is 2. The van der Waals surface area contributed by atoms with E-state index in [1.807, 2.05) is 0 Å². The Balaban J connectivity index is 2.34. The number of rotatable bonds is 5. The molecule has 132 valence electrons. The third-order valence-electron chi connectivity index (χ3n) is 4.01. The molecular formula is C18H16N4O4. The number of nitrogens with zero attached hydrogens (tertiary/aromatic N) is 4. The van der Waals surface area contributed by atoms with Crippen LogP contribution in [-0.2, 0) is 0 Å². The Hall–Kier alpha value is -3.51. The minimum Gasteiger partial charge on any atom is -0.465 e. The van der Waals surface area contributed by atoms with E-state index in [1.165, 1.54) is 6.07 Å². The summed E-state index contributed by atoms with van der Waals surface area (Å²) in [7, 11) is 0. The van der Waals surface area contributed by atoms with Gasteiger partial charge in [-0.2, -0.15) is 0 Å². The summed E-state index contributed by atoms with van der Waals surface area (Å²) in [6.45, 7) is 5.36. The molecule has 0 saturated carbocycles. The Morgan fingerprint density at radius 2 is 1.65 bits per heavy atom. The van der Waals surface area contributed by atoms with Gasteiger partial charge in [0.05, 0.1) is 4.92 Å². The maximum Gasteiger partial charge on any atom is 0.279 e. The van der Waals surface area contributed by atoms with Gasteiger partial charge in [0.15, 0.2) is 0 Å². The van der Waals surface area contributed by atoms with Gasteiger partial charge in [-0.3, -0.25) is 10.1 Å². The Morgan fingerprint density at radius 3 is 2.08 bits per heavy atom. The molecule has 3 rings (SSSR count). The van der Waals surface area contributed by atoms with E-state index >= 15 is 0 Å². The largest absolute Gasteiger partial charge is 0.465 e. The van der Waals surface area contributed by atoms with E-state index in [4.69, 9.17) is 14.4 Å². The number of aryl methyl sites for hydroxylation is 3. The van der Waals surface area contributed by atoms with E-state index in [0.29, 0.717) is 34.2 Å². The lowest BCUT2D eigenvalue weighted by atomic mass is 9.90. The summed E-state index contributed by atoms with van der Waals surface area (Å²) < 4.78 is 11.5. The first-order valence-electron chi connectivity index (χ1n) is 7.87. The van der Waals surface area contributed by atoms with Gasteiger partial charge in [0.2, 0.25) is 0 Å². The second-order valence-corrected chi connectivity index (χ2v) is 6.00. The predicted molar refractivity (Wildman–Crippen MR) is 94.5 cm³/mol. The van der Waals surface area contributed by atoms with Crippen LogP contribution in [0, 0.1) is 30.9 Å². The summed E-state index contributed by atoms with van der Waals surface area (Å²) in [5.41, 5.74) is 9.76. The van der Waals surface area contributed by atoms with Crippen LogP contribution in [0.15, 0.2) is 50.3 Å². The molecule has 2 aromatic heterocycles. The first-order valence-corrected chi connectivity index (χ1v) is 7.87. The fourth-order valence-electron chi connectivity index (χ4n) is 2.96. The fraction of sp³-hybridized carbons (Fsp3) is 0.222. The van der Waals surface area contributed by atoms with Crippen LogP contribution in [0.4, 0.5) is 11.4 Å². The molecule has 0 bridgehead atoms. The molecule has 8 nitrogen and oxygen atoms in total. The van der Waals surface area contributed by atoms with Crippen molar-refractivity contribution in [2.75, 3.05) is 0 Å². The molecule has 3 aromatic rings. The highest BCUT2D eigenvalue weighted by Gasteiger charge is 2.29. The summed E-state index contributed by atoms with van der Waals surface area (Å²) in [4.78, 5) is 13.7. The van der Waals surface area contributed by atoms with Gasteiger partial charge in [-0.1, -0.05) is 11.2 Å². The maximum absolute atomic E-state index is 11.5. The van der Waals surface area contributed by atoms with E-state index in [9.17, 15) is 10.1 Å². The number of nitro groups is 1. The van der Waals surface area contributed by atoms with Crippen molar-refractivity contribution in [3.63, 3.8) is 0 Å². The van der Waals surface area contributed by atoms with Crippen molar-refractivity contribution in [1.82, 2.24) is 0 Å². The van der Waals surface area contributed by atoms with E-state index in [1.54, 1.807) is 51.1 Å². The Bertz CT molecular complexity index is 987. The van der Waals surface area contributed by atoms with Crippen LogP contribution < -0.4 is 0 Å². The molecule has 0 aliphatic heterocycles. The molecule has 0 amide bonds. The number of azide groups is 1. The van der Waals surface area contributed by atoms with Gasteiger partial charge in [-0.25, -0.2) is 0 Å². The van der Waals surface area contributed by atoms with Gasteiger partial charge in [0, 0.05) is 11.0 Å². The number of benzene rings is 1. The first kappa shape index (κ1) is 17.3. The van der Waals surface area contributed by atoms with Gasteiger partial charge in [-0.05, 0) is 61.7 Å². The summed E-state index contributed by atoms with van der Waals surface area (Å²) in [6.07, 6.45) is 0. The minimum absolute atomic E-state index is 0.0452. The topological polar surface area (TPSA) is 118 Å². The van der Waals surface area contributed by atoms with Crippen molar-refractivity contribution in [1.29, 1.82) is 0 Å². The molecule has 0 saturated heterocycles. The molecule has 0 atom stereocenters. The molecule has 26 heavy (non-hydrogen) atoms. The van der Waals surface area contributed by atoms with E-state index in [2.05, 4.69) is 10.0 Å². The van der Waals surface area contributed by atoms with Crippen LogP contribution in [0.1, 0.15) is 40.1 Å². The SMILES string of the molecule is Cc1cc(C(c2ccc(C)o2)c2ccc(C)o2)c(N=[N+]=[N-])c([N+](=O)[O-])c1. The van der Waals surface area contributed by atoms with Crippen molar-refractivity contribution < 1.29 is 13.8 Å². The summed E-state index contributed by atoms with van der Waals surface area (Å²) >= 11 is 0. The summed E-state index contributed by atoms with van der Waals surface area (Å²) in [5, 5.41) is 15.1. The lowest BCUT2D eigenvalue weighted by Crippen LogP contribution is -2.04. The third-order valence-corrected chi connectivity index (χ3v) is 4.01. The van der Waals surface area contributed by atoms with Crippen LogP contribution in [0.25, 0.3) is 10.4 Å². The van der Waals surface area contributed by atoms with Gasteiger partial charge < -0.3 is 8.83 Å². The fourth-order valence-corrected chi connectivity index (χ4v) is 2.96. The Kier molecular flexibility index (Phi) is 4.51. The molecule has 0 unspecified atom stereocenters. The summed E-state index contributed by atoms with van der Waals surface area (Å²) in [5.74, 6) is 1.91. The molecule has 0 aliphatic rings. The highest BCUT2D eigenvalue weighted by molar-refractivity contribution is 5.67. The van der Waals surface area contributed by atoms with E-state index in [0.717, 1.165) is 0 Å². The molecule has 0 aliphatic carbocycles. The summed E-state index contributed by atoms with van der Waals surface area (Å²) in [6, 6.07) is 10.3. The van der Waals surface area contributed by atoms with Crippen molar-refractivity contribution in [2.24, 2.45) is 5.11 Å². The molecule has 0 radical (unpaired) electrons. The van der Waals surface area contributed by atoms with Crippen LogP contribution in [0.2, 0.25) is 0 Å². The molecule has 0 spiro atoms. The lowest BCUT2D eigenvalue weighted by molar-refractivity contribution is -0.384. The molecule has 0 fully saturated rings. The monoisotopic (exact) mass is 352 g/mol. The van der Waals surface area contributed by atoms with Crippen molar-refractivity contribution >= 4 is 11.4 Å². The third kappa shape index (κ3) is 3.18.